The summed E-state index contributed by atoms with van der Waals surface area (Å²) in [6.45, 7) is 3.96. The van der Waals surface area contributed by atoms with Crippen LogP contribution in [-0.4, -0.2) is 0 Å². The fraction of sp³-hybridized carbons (Fsp3) is 0.211. The van der Waals surface area contributed by atoms with Gasteiger partial charge in [0.1, 0.15) is 18.1 Å². The highest BCUT2D eigenvalue weighted by Crippen LogP contribution is 2.36. The van der Waals surface area contributed by atoms with Gasteiger partial charge < -0.3 is 9.15 Å². The lowest BCUT2D eigenvalue weighted by Crippen LogP contribution is -2.17. The van der Waals surface area contributed by atoms with Crippen LogP contribution in [0.25, 0.3) is 12.2 Å². The van der Waals surface area contributed by atoms with Gasteiger partial charge in [-0.05, 0) is 17.5 Å². The first-order chi connectivity index (χ1) is 11.9. The zero-order valence-corrected chi connectivity index (χ0v) is 13.2. The molecule has 0 atom stereocenters. The van der Waals surface area contributed by atoms with Crippen molar-refractivity contribution in [1.82, 2.24) is 0 Å². The quantitative estimate of drug-likeness (QED) is 0.796. The molecule has 0 fully saturated rings. The molecule has 1 aliphatic rings. The van der Waals surface area contributed by atoms with Crippen LogP contribution < -0.4 is 5.63 Å². The number of alkyl halides is 3. The van der Waals surface area contributed by atoms with Gasteiger partial charge in [-0.2, -0.15) is 13.2 Å². The second kappa shape index (κ2) is 6.63. The number of benzene rings is 1. The Labute approximate surface area is 142 Å². The largest absolute Gasteiger partial charge is 0.493 e. The molecule has 3 nitrogen and oxygen atoms in total. The number of fused-ring (bicyclic) bond motifs is 1. The summed E-state index contributed by atoms with van der Waals surface area (Å²) in [4.78, 5) is 11.4. The van der Waals surface area contributed by atoms with Crippen molar-refractivity contribution in [2.24, 2.45) is 0 Å². The number of hydrogen-bond donors (Lipinski definition) is 0. The van der Waals surface area contributed by atoms with Gasteiger partial charge in [-0.15, -0.1) is 0 Å². The topological polar surface area (TPSA) is 39.4 Å². The van der Waals surface area contributed by atoms with Crippen molar-refractivity contribution in [2.75, 3.05) is 0 Å². The van der Waals surface area contributed by atoms with E-state index >= 15 is 0 Å². The maximum absolute atomic E-state index is 13.0. The van der Waals surface area contributed by atoms with Gasteiger partial charge in [0.05, 0.1) is 5.56 Å². The number of halogens is 3. The molecule has 0 saturated carbocycles. The molecule has 0 spiro atoms. The molecule has 25 heavy (non-hydrogen) atoms. The van der Waals surface area contributed by atoms with Gasteiger partial charge in [-0.3, -0.25) is 0 Å². The van der Waals surface area contributed by atoms with Crippen molar-refractivity contribution in [1.29, 1.82) is 0 Å². The molecule has 1 aromatic carbocycles. The summed E-state index contributed by atoms with van der Waals surface area (Å²) in [5.41, 5.74) is -0.0637. The predicted molar refractivity (Wildman–Crippen MR) is 87.6 cm³/mol. The normalized spacial score (nSPS) is 13.8. The molecule has 130 valence electrons. The lowest BCUT2D eigenvalue weighted by molar-refractivity contribution is -0.138. The van der Waals surface area contributed by atoms with Crippen LogP contribution >= 0.6 is 0 Å². The van der Waals surface area contributed by atoms with E-state index in [1.807, 2.05) is 24.3 Å². The Balaban J connectivity index is 1.81. The average molecular weight is 348 g/mol. The minimum atomic E-state index is -4.58. The zero-order chi connectivity index (χ0) is 18.0. The molecule has 1 aliphatic carbocycles. The molecule has 2 aromatic rings. The first-order valence-corrected chi connectivity index (χ1v) is 7.66. The van der Waals surface area contributed by atoms with Crippen molar-refractivity contribution >= 4 is 12.2 Å². The monoisotopic (exact) mass is 348 g/mol. The van der Waals surface area contributed by atoms with E-state index < -0.39 is 17.4 Å². The van der Waals surface area contributed by atoms with E-state index in [4.69, 9.17) is 9.15 Å². The maximum Gasteiger partial charge on any atom is 0.417 e. The van der Waals surface area contributed by atoms with E-state index in [0.29, 0.717) is 18.2 Å². The van der Waals surface area contributed by atoms with E-state index in [0.717, 1.165) is 11.1 Å². The summed E-state index contributed by atoms with van der Waals surface area (Å²) in [6, 6.07) is 8.06. The van der Waals surface area contributed by atoms with Gasteiger partial charge in [0.15, 0.2) is 0 Å². The average Bonchev–Trinajstić information content (AvgIpc) is 2.58. The Hall–Kier alpha value is -2.76. The molecule has 0 amide bonds. The van der Waals surface area contributed by atoms with Crippen molar-refractivity contribution in [3.8, 4) is 0 Å². The van der Waals surface area contributed by atoms with E-state index in [2.05, 4.69) is 6.58 Å². The molecule has 1 heterocycles. The third-order valence-electron chi connectivity index (χ3n) is 3.95. The zero-order valence-electron chi connectivity index (χ0n) is 13.2. The Bertz CT molecular complexity index is 874. The number of allylic oxidation sites excluding steroid dienone is 1. The van der Waals surface area contributed by atoms with Crippen molar-refractivity contribution in [3.63, 3.8) is 0 Å². The summed E-state index contributed by atoms with van der Waals surface area (Å²) in [6.07, 6.45) is -1.07. The molecule has 0 N–H and O–H groups in total. The molecule has 0 radical (unpaired) electrons. The van der Waals surface area contributed by atoms with Crippen LogP contribution in [0.4, 0.5) is 13.2 Å². The van der Waals surface area contributed by atoms with Crippen LogP contribution in [0.5, 0.6) is 0 Å². The first kappa shape index (κ1) is 17.1. The molecule has 0 aliphatic heterocycles. The lowest BCUT2D eigenvalue weighted by Gasteiger charge is -2.19. The third kappa shape index (κ3) is 3.84. The van der Waals surface area contributed by atoms with Gasteiger partial charge in [-0.1, -0.05) is 36.9 Å². The Morgan fingerprint density at radius 3 is 2.56 bits per heavy atom. The first-order valence-electron chi connectivity index (χ1n) is 7.66. The van der Waals surface area contributed by atoms with Gasteiger partial charge in [0, 0.05) is 24.1 Å². The molecular weight excluding hydrogens is 333 g/mol. The molecule has 0 saturated heterocycles. The van der Waals surface area contributed by atoms with Crippen LogP contribution in [0.1, 0.15) is 34.4 Å². The Morgan fingerprint density at radius 1 is 1.20 bits per heavy atom. The highest BCUT2D eigenvalue weighted by Gasteiger charge is 2.36. The van der Waals surface area contributed by atoms with Crippen molar-refractivity contribution in [2.45, 2.75) is 25.6 Å². The van der Waals surface area contributed by atoms with E-state index in [9.17, 15) is 18.0 Å². The second-order valence-corrected chi connectivity index (χ2v) is 5.66. The van der Waals surface area contributed by atoms with Gasteiger partial charge in [0.25, 0.3) is 0 Å². The van der Waals surface area contributed by atoms with Crippen LogP contribution in [0.3, 0.4) is 0 Å². The number of ether oxygens (including phenoxy) is 1. The summed E-state index contributed by atoms with van der Waals surface area (Å²) >= 11 is 0. The summed E-state index contributed by atoms with van der Waals surface area (Å²) < 4.78 is 49.7. The molecule has 6 heteroatoms. The van der Waals surface area contributed by atoms with Crippen LogP contribution in [0.15, 0.2) is 51.9 Å². The Kier molecular flexibility index (Phi) is 4.53. The van der Waals surface area contributed by atoms with E-state index in [-0.39, 0.29) is 24.4 Å². The van der Waals surface area contributed by atoms with Crippen LogP contribution in [0.2, 0.25) is 0 Å². The van der Waals surface area contributed by atoms with Crippen LogP contribution in [-0.2, 0) is 23.9 Å². The van der Waals surface area contributed by atoms with Gasteiger partial charge in [0.2, 0.25) is 0 Å². The molecular formula is C19H15F3O3. The van der Waals surface area contributed by atoms with E-state index in [1.165, 1.54) is 6.08 Å². The molecule has 0 unspecified atom stereocenters. The SMILES string of the molecule is C=Cc1ccc(COC2=Cc3oc(=O)cc(C(F)(F)F)c3CC2)cc1. The van der Waals surface area contributed by atoms with Crippen LogP contribution in [0, 0.1) is 0 Å². The summed E-state index contributed by atoms with van der Waals surface area (Å²) in [7, 11) is 0. The van der Waals surface area contributed by atoms with Crippen molar-refractivity contribution < 1.29 is 22.3 Å². The lowest BCUT2D eigenvalue weighted by atomic mass is 9.97. The third-order valence-corrected chi connectivity index (χ3v) is 3.95. The molecule has 0 bridgehead atoms. The van der Waals surface area contributed by atoms with E-state index in [1.54, 1.807) is 6.08 Å². The fourth-order valence-electron chi connectivity index (χ4n) is 2.67. The maximum atomic E-state index is 13.0. The summed E-state index contributed by atoms with van der Waals surface area (Å²) in [5.74, 6) is 0.408. The fourth-order valence-corrected chi connectivity index (χ4v) is 2.67. The minimum Gasteiger partial charge on any atom is -0.493 e. The Morgan fingerprint density at radius 2 is 1.92 bits per heavy atom. The molecule has 1 aromatic heterocycles. The number of rotatable bonds is 4. The standard InChI is InChI=1S/C19H15F3O3/c1-2-12-3-5-13(6-4-12)11-24-14-7-8-15-16(19(20,21)22)10-18(23)25-17(15)9-14/h2-6,9-10H,1,7-8,11H2. The summed E-state index contributed by atoms with van der Waals surface area (Å²) in [5, 5.41) is 0. The van der Waals surface area contributed by atoms with Gasteiger partial charge >= 0.3 is 11.8 Å². The highest BCUT2D eigenvalue weighted by molar-refractivity contribution is 5.55. The molecule has 3 rings (SSSR count). The second-order valence-electron chi connectivity index (χ2n) is 5.66. The predicted octanol–water partition coefficient (Wildman–Crippen LogP) is 4.81. The minimum absolute atomic E-state index is 0.00483. The van der Waals surface area contributed by atoms with Crippen molar-refractivity contribution in [3.05, 3.63) is 81.1 Å². The number of hydrogen-bond acceptors (Lipinski definition) is 3. The smallest absolute Gasteiger partial charge is 0.417 e. The highest BCUT2D eigenvalue weighted by atomic mass is 19.4. The van der Waals surface area contributed by atoms with Gasteiger partial charge in [-0.25, -0.2) is 4.79 Å².